The lowest BCUT2D eigenvalue weighted by molar-refractivity contribution is 0.112. The second-order valence-electron chi connectivity index (χ2n) is 5.13. The van der Waals surface area contributed by atoms with Crippen LogP contribution in [0.25, 0.3) is 0 Å². The van der Waals surface area contributed by atoms with Crippen molar-refractivity contribution in [2.75, 3.05) is 11.4 Å². The average molecular weight is 268 g/mol. The van der Waals surface area contributed by atoms with Crippen molar-refractivity contribution >= 4 is 23.7 Å². The minimum Gasteiger partial charge on any atom is -0.353 e. The first-order chi connectivity index (χ1) is 8.63. The van der Waals surface area contributed by atoms with Crippen molar-refractivity contribution in [2.45, 2.75) is 39.2 Å². The van der Waals surface area contributed by atoms with Crippen LogP contribution in [-0.4, -0.2) is 28.8 Å². The van der Waals surface area contributed by atoms with Crippen molar-refractivity contribution in [3.8, 4) is 0 Å². The number of rotatable bonds is 6. The summed E-state index contributed by atoms with van der Waals surface area (Å²) in [6, 6.07) is 0.508. The Labute approximate surface area is 112 Å². The zero-order valence-corrected chi connectivity index (χ0v) is 11.5. The molecule has 1 aliphatic carbocycles. The number of halogens is 1. The molecule has 0 amide bonds. The summed E-state index contributed by atoms with van der Waals surface area (Å²) in [6.45, 7) is 5.30. The van der Waals surface area contributed by atoms with E-state index in [1.54, 1.807) is 0 Å². The van der Waals surface area contributed by atoms with Gasteiger partial charge in [0.1, 0.15) is 17.3 Å². The first-order valence-corrected chi connectivity index (χ1v) is 6.73. The highest BCUT2D eigenvalue weighted by Gasteiger charge is 2.31. The van der Waals surface area contributed by atoms with Gasteiger partial charge in [-0.15, -0.1) is 0 Å². The summed E-state index contributed by atoms with van der Waals surface area (Å²) in [5.41, 5.74) is 0.412. The molecule has 0 bridgehead atoms. The molecule has 0 saturated heterocycles. The maximum absolute atomic E-state index is 11.1. The summed E-state index contributed by atoms with van der Waals surface area (Å²) in [7, 11) is 0. The number of nitrogens with zero attached hydrogens (tertiary/aromatic N) is 3. The molecule has 5 heteroatoms. The molecular weight excluding hydrogens is 250 g/mol. The maximum atomic E-state index is 11.1. The summed E-state index contributed by atoms with van der Waals surface area (Å²) in [6.07, 6.45) is 5.59. The fraction of sp³-hybridized carbons (Fsp3) is 0.615. The molecule has 0 aromatic carbocycles. The quantitative estimate of drug-likeness (QED) is 0.587. The monoisotopic (exact) mass is 267 g/mol. The Morgan fingerprint density at radius 1 is 1.50 bits per heavy atom. The minimum absolute atomic E-state index is 0.241. The van der Waals surface area contributed by atoms with Crippen molar-refractivity contribution < 1.29 is 4.79 Å². The van der Waals surface area contributed by atoms with Crippen molar-refractivity contribution in [3.63, 3.8) is 0 Å². The van der Waals surface area contributed by atoms with Crippen molar-refractivity contribution in [1.82, 2.24) is 9.97 Å². The summed E-state index contributed by atoms with van der Waals surface area (Å²) in [5, 5.41) is 0.241. The lowest BCUT2D eigenvalue weighted by Gasteiger charge is -2.25. The second kappa shape index (κ2) is 5.65. The Morgan fingerprint density at radius 2 is 2.22 bits per heavy atom. The van der Waals surface area contributed by atoms with E-state index in [1.807, 2.05) is 0 Å². The van der Waals surface area contributed by atoms with Gasteiger partial charge >= 0.3 is 0 Å². The third kappa shape index (κ3) is 2.99. The molecule has 0 unspecified atom stereocenters. The molecule has 1 fully saturated rings. The summed E-state index contributed by atoms with van der Waals surface area (Å²) < 4.78 is 0. The van der Waals surface area contributed by atoms with E-state index in [0.717, 1.165) is 32.1 Å². The molecule has 0 atom stereocenters. The normalized spacial score (nSPS) is 14.9. The Balaban J connectivity index is 2.24. The molecule has 1 aromatic heterocycles. The van der Waals surface area contributed by atoms with Gasteiger partial charge in [-0.2, -0.15) is 0 Å². The number of aldehydes is 1. The van der Waals surface area contributed by atoms with Crippen LogP contribution in [0.1, 0.15) is 43.5 Å². The summed E-state index contributed by atoms with van der Waals surface area (Å²) >= 11 is 5.95. The molecule has 1 heterocycles. The number of carbonyl (C=O) groups is 1. The molecule has 2 rings (SSSR count). The largest absolute Gasteiger partial charge is 0.353 e. The molecule has 0 N–H and O–H groups in total. The topological polar surface area (TPSA) is 46.1 Å². The van der Waals surface area contributed by atoms with Crippen LogP contribution in [0.5, 0.6) is 0 Å². The maximum Gasteiger partial charge on any atom is 0.156 e. The van der Waals surface area contributed by atoms with Crippen LogP contribution in [0.3, 0.4) is 0 Å². The van der Waals surface area contributed by atoms with E-state index in [2.05, 4.69) is 28.7 Å². The van der Waals surface area contributed by atoms with Gasteiger partial charge in [-0.05, 0) is 25.2 Å². The van der Waals surface area contributed by atoms with Gasteiger partial charge in [-0.25, -0.2) is 9.97 Å². The van der Waals surface area contributed by atoms with Crippen LogP contribution in [0, 0.1) is 5.92 Å². The highest BCUT2D eigenvalue weighted by molar-refractivity contribution is 6.32. The molecule has 98 valence electrons. The number of aromatic nitrogens is 2. The minimum atomic E-state index is 0.241. The zero-order chi connectivity index (χ0) is 13.1. The Morgan fingerprint density at radius 3 is 2.78 bits per heavy atom. The van der Waals surface area contributed by atoms with Gasteiger partial charge in [0.25, 0.3) is 0 Å². The SMILES string of the molecule is CC(C)CCN(c1ncnc(Cl)c1C=O)C1CC1. The number of hydrogen-bond acceptors (Lipinski definition) is 4. The van der Waals surface area contributed by atoms with Crippen LogP contribution >= 0.6 is 11.6 Å². The first kappa shape index (κ1) is 13.3. The van der Waals surface area contributed by atoms with E-state index in [0.29, 0.717) is 23.3 Å². The lowest BCUT2D eigenvalue weighted by Crippen LogP contribution is -2.29. The van der Waals surface area contributed by atoms with Gasteiger partial charge in [-0.1, -0.05) is 25.4 Å². The van der Waals surface area contributed by atoms with Crippen LogP contribution < -0.4 is 4.90 Å². The number of carbonyl (C=O) groups excluding carboxylic acids is 1. The Bertz CT molecular complexity index is 432. The molecule has 0 spiro atoms. The summed E-state index contributed by atoms with van der Waals surface area (Å²) in [5.74, 6) is 1.32. The molecular formula is C13H18ClN3O. The van der Waals surface area contributed by atoms with E-state index in [-0.39, 0.29) is 5.15 Å². The highest BCUT2D eigenvalue weighted by Crippen LogP contribution is 2.33. The van der Waals surface area contributed by atoms with E-state index >= 15 is 0 Å². The fourth-order valence-corrected chi connectivity index (χ4v) is 2.11. The highest BCUT2D eigenvalue weighted by atomic mass is 35.5. The molecule has 4 nitrogen and oxygen atoms in total. The third-order valence-corrected chi connectivity index (χ3v) is 3.44. The number of anilines is 1. The van der Waals surface area contributed by atoms with Gasteiger partial charge in [0.05, 0.1) is 5.56 Å². The Hall–Kier alpha value is -1.16. The van der Waals surface area contributed by atoms with Gasteiger partial charge in [0.15, 0.2) is 6.29 Å². The second-order valence-corrected chi connectivity index (χ2v) is 5.48. The molecule has 18 heavy (non-hydrogen) atoms. The van der Waals surface area contributed by atoms with Crippen LogP contribution in [-0.2, 0) is 0 Å². The van der Waals surface area contributed by atoms with Crippen molar-refractivity contribution in [2.24, 2.45) is 5.92 Å². The molecule has 0 aliphatic heterocycles. The fourth-order valence-electron chi connectivity index (χ4n) is 1.94. The molecule has 1 saturated carbocycles. The van der Waals surface area contributed by atoms with Gasteiger partial charge in [-0.3, -0.25) is 4.79 Å². The molecule has 0 radical (unpaired) electrons. The first-order valence-electron chi connectivity index (χ1n) is 6.35. The van der Waals surface area contributed by atoms with Gasteiger partial charge < -0.3 is 4.90 Å². The van der Waals surface area contributed by atoms with Crippen LogP contribution in [0.2, 0.25) is 5.15 Å². The van der Waals surface area contributed by atoms with E-state index in [1.165, 1.54) is 6.33 Å². The Kier molecular flexibility index (Phi) is 4.17. The van der Waals surface area contributed by atoms with Crippen LogP contribution in [0.4, 0.5) is 5.82 Å². The number of hydrogen-bond donors (Lipinski definition) is 0. The smallest absolute Gasteiger partial charge is 0.156 e. The van der Waals surface area contributed by atoms with Gasteiger partial charge in [0.2, 0.25) is 0 Å². The van der Waals surface area contributed by atoms with Gasteiger partial charge in [0, 0.05) is 12.6 Å². The standard InChI is InChI=1S/C13H18ClN3O/c1-9(2)5-6-17(10-3-4-10)13-11(7-18)12(14)15-8-16-13/h7-10H,3-6H2,1-2H3. The summed E-state index contributed by atoms with van der Waals surface area (Å²) in [4.78, 5) is 21.5. The average Bonchev–Trinajstić information content (AvgIpc) is 3.13. The van der Waals surface area contributed by atoms with Crippen LogP contribution in [0.15, 0.2) is 6.33 Å². The zero-order valence-electron chi connectivity index (χ0n) is 10.8. The molecule has 1 aromatic rings. The van der Waals surface area contributed by atoms with E-state index < -0.39 is 0 Å². The van der Waals surface area contributed by atoms with Crippen molar-refractivity contribution in [3.05, 3.63) is 17.0 Å². The van der Waals surface area contributed by atoms with Crippen molar-refractivity contribution in [1.29, 1.82) is 0 Å². The lowest BCUT2D eigenvalue weighted by atomic mass is 10.1. The van der Waals surface area contributed by atoms with E-state index in [4.69, 9.17) is 11.6 Å². The predicted octanol–water partition coefficient (Wildman–Crippen LogP) is 2.96. The van der Waals surface area contributed by atoms with E-state index in [9.17, 15) is 4.79 Å². The third-order valence-electron chi connectivity index (χ3n) is 3.14. The predicted molar refractivity (Wildman–Crippen MR) is 72.3 cm³/mol. The molecule has 1 aliphatic rings.